The lowest BCUT2D eigenvalue weighted by Gasteiger charge is -2.15. The minimum Gasteiger partial charge on any atom is -0.496 e. The van der Waals surface area contributed by atoms with Gasteiger partial charge < -0.3 is 15.4 Å². The average molecular weight is 553 g/mol. The van der Waals surface area contributed by atoms with Crippen LogP contribution in [-0.2, 0) is 13.0 Å². The largest absolute Gasteiger partial charge is 0.496 e. The number of nitrogens with one attached hydrogen (secondary N) is 2. The molecule has 2 N–H and O–H groups in total. The lowest BCUT2D eigenvalue weighted by atomic mass is 10.0. The molecule has 5 aromatic rings. The van der Waals surface area contributed by atoms with E-state index in [0.717, 1.165) is 34.7 Å². The maximum atomic E-state index is 13.7. The fourth-order valence-corrected chi connectivity index (χ4v) is 4.81. The lowest BCUT2D eigenvalue weighted by Crippen LogP contribution is -2.26. The van der Waals surface area contributed by atoms with Gasteiger partial charge in [-0.15, -0.1) is 0 Å². The number of methoxy groups -OCH3 is 1. The maximum absolute atomic E-state index is 13.7. The quantitative estimate of drug-likeness (QED) is 0.210. The molecule has 0 unspecified atom stereocenters. The van der Waals surface area contributed by atoms with E-state index >= 15 is 0 Å². The third-order valence-electron chi connectivity index (χ3n) is 6.60. The molecular weight excluding hydrogens is 524 g/mol. The number of rotatable bonds is 8. The second-order valence-electron chi connectivity index (χ2n) is 9.36. The fourth-order valence-electron chi connectivity index (χ4n) is 4.62. The Morgan fingerprint density at radius 2 is 1.70 bits per heavy atom. The van der Waals surface area contributed by atoms with Gasteiger partial charge in [0.15, 0.2) is 0 Å². The molecule has 0 atom stereocenters. The van der Waals surface area contributed by atoms with Crippen LogP contribution in [0.1, 0.15) is 24.7 Å². The number of carbonyl (C=O) groups excluding carboxylic acids is 1. The normalized spacial score (nSPS) is 10.9. The van der Waals surface area contributed by atoms with E-state index in [4.69, 9.17) is 21.3 Å². The van der Waals surface area contributed by atoms with Gasteiger partial charge in [0.05, 0.1) is 35.3 Å². The van der Waals surface area contributed by atoms with Crippen molar-refractivity contribution in [1.82, 2.24) is 9.55 Å². The Kier molecular flexibility index (Phi) is 8.12. The molecule has 0 bridgehead atoms. The SMILES string of the molecule is CCCc1nc2ccc(NC(=O)Nc3ccccc3Cl)cc2c(=O)n1Cc1ccc(-c2ccccc2OC)cc1. The minimum atomic E-state index is -0.460. The van der Waals surface area contributed by atoms with Crippen molar-refractivity contribution < 1.29 is 9.53 Å². The van der Waals surface area contributed by atoms with Crippen LogP contribution in [0.25, 0.3) is 22.0 Å². The van der Waals surface area contributed by atoms with Crippen LogP contribution in [0.3, 0.4) is 0 Å². The van der Waals surface area contributed by atoms with Gasteiger partial charge in [0, 0.05) is 17.7 Å². The van der Waals surface area contributed by atoms with Crippen LogP contribution in [-0.4, -0.2) is 22.7 Å². The number of fused-ring (bicyclic) bond motifs is 1. The molecule has 7 nitrogen and oxygen atoms in total. The van der Waals surface area contributed by atoms with Gasteiger partial charge in [-0.1, -0.05) is 73.1 Å². The zero-order valence-electron chi connectivity index (χ0n) is 22.3. The summed E-state index contributed by atoms with van der Waals surface area (Å²) in [5.74, 6) is 1.53. The minimum absolute atomic E-state index is 0.155. The number of hydrogen-bond acceptors (Lipinski definition) is 4. The zero-order valence-corrected chi connectivity index (χ0v) is 23.0. The van der Waals surface area contributed by atoms with E-state index in [-0.39, 0.29) is 5.56 Å². The Balaban J connectivity index is 1.43. The highest BCUT2D eigenvalue weighted by Gasteiger charge is 2.14. The Labute approximate surface area is 237 Å². The van der Waals surface area contributed by atoms with Crippen molar-refractivity contribution in [1.29, 1.82) is 0 Å². The van der Waals surface area contributed by atoms with E-state index in [2.05, 4.69) is 17.6 Å². The number of amides is 2. The number of nitrogens with zero attached hydrogens (tertiary/aromatic N) is 2. The smallest absolute Gasteiger partial charge is 0.323 e. The van der Waals surface area contributed by atoms with Crippen molar-refractivity contribution in [3.63, 3.8) is 0 Å². The molecule has 4 aromatic carbocycles. The van der Waals surface area contributed by atoms with Crippen molar-refractivity contribution in [2.45, 2.75) is 26.3 Å². The van der Waals surface area contributed by atoms with E-state index < -0.39 is 6.03 Å². The first-order chi connectivity index (χ1) is 19.5. The summed E-state index contributed by atoms with van der Waals surface area (Å²) in [5, 5.41) is 6.37. The highest BCUT2D eigenvalue weighted by Crippen LogP contribution is 2.30. The third-order valence-corrected chi connectivity index (χ3v) is 6.93. The molecule has 2 amide bonds. The number of para-hydroxylation sites is 2. The Morgan fingerprint density at radius 3 is 2.45 bits per heavy atom. The Hall–Kier alpha value is -4.62. The maximum Gasteiger partial charge on any atom is 0.323 e. The van der Waals surface area contributed by atoms with E-state index in [1.54, 1.807) is 54.1 Å². The molecule has 1 heterocycles. The highest BCUT2D eigenvalue weighted by atomic mass is 35.5. The van der Waals surface area contributed by atoms with Crippen LogP contribution in [0.5, 0.6) is 5.75 Å². The van der Waals surface area contributed by atoms with Crippen LogP contribution in [0.4, 0.5) is 16.2 Å². The number of carbonyl (C=O) groups is 1. The first-order valence-corrected chi connectivity index (χ1v) is 13.4. The van der Waals surface area contributed by atoms with E-state index in [1.165, 1.54) is 0 Å². The van der Waals surface area contributed by atoms with Crippen LogP contribution in [0.15, 0.2) is 95.8 Å². The van der Waals surface area contributed by atoms with Crippen LogP contribution >= 0.6 is 11.6 Å². The second-order valence-corrected chi connectivity index (χ2v) is 9.76. The van der Waals surface area contributed by atoms with Gasteiger partial charge in [-0.2, -0.15) is 0 Å². The molecule has 0 spiro atoms. The summed E-state index contributed by atoms with van der Waals surface area (Å²) in [7, 11) is 1.66. The molecule has 0 aliphatic carbocycles. The van der Waals surface area contributed by atoms with Crippen molar-refractivity contribution in [2.75, 3.05) is 17.7 Å². The summed E-state index contributed by atoms with van der Waals surface area (Å²) >= 11 is 6.15. The number of aromatic nitrogens is 2. The van der Waals surface area contributed by atoms with Gasteiger partial charge in [0.1, 0.15) is 11.6 Å². The molecule has 0 saturated carbocycles. The molecular formula is C32H29ClN4O3. The Morgan fingerprint density at radius 1 is 0.950 bits per heavy atom. The van der Waals surface area contributed by atoms with Gasteiger partial charge in [0.25, 0.3) is 5.56 Å². The standard InChI is InChI=1S/C32H29ClN4O3/c1-3-8-30-35-27-18-17-23(34-32(39)36-28-11-6-5-10-26(28)33)19-25(27)31(38)37(30)20-21-13-15-22(16-14-21)24-9-4-7-12-29(24)40-2/h4-7,9-19H,3,8,20H2,1-2H3,(H2,34,36,39). The second kappa shape index (κ2) is 12.1. The number of anilines is 2. The number of hydrogen-bond donors (Lipinski definition) is 2. The van der Waals surface area contributed by atoms with Crippen LogP contribution in [0.2, 0.25) is 5.02 Å². The Bertz CT molecular complexity index is 1730. The van der Waals surface area contributed by atoms with Gasteiger partial charge in [-0.05, 0) is 53.9 Å². The molecule has 40 heavy (non-hydrogen) atoms. The molecule has 0 aliphatic heterocycles. The number of ether oxygens (including phenoxy) is 1. The van der Waals surface area contributed by atoms with E-state index in [0.29, 0.717) is 40.3 Å². The van der Waals surface area contributed by atoms with Gasteiger partial charge in [-0.25, -0.2) is 9.78 Å². The van der Waals surface area contributed by atoms with Crippen molar-refractivity contribution in [2.24, 2.45) is 0 Å². The summed E-state index contributed by atoms with van der Waals surface area (Å²) in [6.45, 7) is 2.45. The zero-order chi connectivity index (χ0) is 28.1. The summed E-state index contributed by atoms with van der Waals surface area (Å²) < 4.78 is 7.22. The van der Waals surface area contributed by atoms with Gasteiger partial charge in [-0.3, -0.25) is 9.36 Å². The summed E-state index contributed by atoms with van der Waals surface area (Å²) in [6.07, 6.45) is 1.53. The predicted molar refractivity (Wildman–Crippen MR) is 162 cm³/mol. The van der Waals surface area contributed by atoms with Crippen LogP contribution in [0, 0.1) is 0 Å². The topological polar surface area (TPSA) is 85.3 Å². The summed E-state index contributed by atoms with van der Waals surface area (Å²) in [6, 6.07) is 27.6. The van der Waals surface area contributed by atoms with Crippen molar-refractivity contribution >= 4 is 39.9 Å². The molecule has 202 valence electrons. The summed E-state index contributed by atoms with van der Waals surface area (Å²) in [5.41, 5.74) is 4.42. The molecule has 0 aliphatic rings. The predicted octanol–water partition coefficient (Wildman–Crippen LogP) is 7.37. The average Bonchev–Trinajstić information content (AvgIpc) is 2.97. The number of benzene rings is 4. The van der Waals surface area contributed by atoms with Crippen LogP contribution < -0.4 is 20.9 Å². The monoisotopic (exact) mass is 552 g/mol. The fraction of sp³-hybridized carbons (Fsp3) is 0.156. The molecule has 0 fully saturated rings. The first-order valence-electron chi connectivity index (χ1n) is 13.0. The summed E-state index contributed by atoms with van der Waals surface area (Å²) in [4.78, 5) is 31.1. The van der Waals surface area contributed by atoms with Crippen molar-refractivity contribution in [3.8, 4) is 16.9 Å². The molecule has 0 radical (unpaired) electrons. The third kappa shape index (κ3) is 5.84. The molecule has 1 aromatic heterocycles. The molecule has 0 saturated heterocycles. The van der Waals surface area contributed by atoms with E-state index in [1.807, 2.05) is 48.5 Å². The number of aryl methyl sites for hydroxylation is 1. The van der Waals surface area contributed by atoms with E-state index in [9.17, 15) is 9.59 Å². The lowest BCUT2D eigenvalue weighted by molar-refractivity contribution is 0.262. The van der Waals surface area contributed by atoms with Gasteiger partial charge in [0.2, 0.25) is 0 Å². The number of urea groups is 1. The molecule has 8 heteroatoms. The highest BCUT2D eigenvalue weighted by molar-refractivity contribution is 6.33. The first kappa shape index (κ1) is 27.0. The van der Waals surface area contributed by atoms with Gasteiger partial charge >= 0.3 is 6.03 Å². The van der Waals surface area contributed by atoms with Crippen molar-refractivity contribution in [3.05, 3.63) is 118 Å². The molecule has 5 rings (SSSR count). The number of halogens is 1.